The zero-order valence-electron chi connectivity index (χ0n) is 12.6. The van der Waals surface area contributed by atoms with Crippen molar-refractivity contribution >= 4 is 22.6 Å². The minimum absolute atomic E-state index is 0.759. The molecule has 4 aromatic rings. The summed E-state index contributed by atoms with van der Waals surface area (Å²) in [5.74, 6) is 0.759. The summed E-state index contributed by atoms with van der Waals surface area (Å²) in [5.41, 5.74) is 5.04. The molecule has 4 nitrogen and oxygen atoms in total. The number of aromatic amines is 1. The van der Waals surface area contributed by atoms with E-state index in [4.69, 9.17) is 0 Å². The first kappa shape index (κ1) is 15.0. The maximum Gasteiger partial charge on any atom is 0.156 e. The molecule has 3 heterocycles. The third kappa shape index (κ3) is 3.07. The number of H-pyrrole nitrogens is 1. The smallest absolute Gasteiger partial charge is 0.156 e. The predicted molar refractivity (Wildman–Crippen MR) is 103 cm³/mol. The maximum atomic E-state index is 4.48. The monoisotopic (exact) mass is 424 g/mol. The van der Waals surface area contributed by atoms with E-state index in [1.807, 2.05) is 48.9 Å². The topological polar surface area (TPSA) is 54.5 Å². The molecule has 0 atom stereocenters. The third-order valence-corrected chi connectivity index (χ3v) is 4.29. The number of hydrogen-bond acceptors (Lipinski definition) is 3. The number of hydrogen-bond donors (Lipinski definition) is 1. The summed E-state index contributed by atoms with van der Waals surface area (Å²) in [4.78, 5) is 16.5. The summed E-state index contributed by atoms with van der Waals surface area (Å²) >= 11 is 2.27. The van der Waals surface area contributed by atoms with E-state index in [1.54, 1.807) is 6.20 Å². The highest BCUT2D eigenvalue weighted by Crippen LogP contribution is 2.25. The van der Waals surface area contributed by atoms with Crippen molar-refractivity contribution in [2.75, 3.05) is 0 Å². The fourth-order valence-corrected chi connectivity index (χ4v) is 3.02. The number of nitrogens with one attached hydrogen (secondary N) is 1. The molecule has 5 heteroatoms. The van der Waals surface area contributed by atoms with E-state index in [-0.39, 0.29) is 0 Å². The van der Waals surface area contributed by atoms with Crippen molar-refractivity contribution in [2.24, 2.45) is 0 Å². The van der Waals surface area contributed by atoms with Crippen LogP contribution in [0.3, 0.4) is 0 Å². The van der Waals surface area contributed by atoms with Gasteiger partial charge in [-0.2, -0.15) is 0 Å². The van der Waals surface area contributed by atoms with Gasteiger partial charge in [0.15, 0.2) is 5.82 Å². The van der Waals surface area contributed by atoms with Crippen LogP contribution >= 0.6 is 22.6 Å². The van der Waals surface area contributed by atoms with Gasteiger partial charge < -0.3 is 4.98 Å². The average molecular weight is 424 g/mol. The molecule has 0 saturated carbocycles. The highest BCUT2D eigenvalue weighted by molar-refractivity contribution is 14.1. The molecule has 0 bridgehead atoms. The van der Waals surface area contributed by atoms with Crippen LogP contribution in [0.4, 0.5) is 0 Å². The van der Waals surface area contributed by atoms with Crippen LogP contribution in [0.2, 0.25) is 0 Å². The Hall–Kier alpha value is -2.54. The van der Waals surface area contributed by atoms with Crippen LogP contribution in [0.25, 0.3) is 33.9 Å². The van der Waals surface area contributed by atoms with Crippen molar-refractivity contribution in [2.45, 2.75) is 0 Å². The van der Waals surface area contributed by atoms with Gasteiger partial charge in [0.25, 0.3) is 0 Å². The number of nitrogens with zero attached hydrogens (tertiary/aromatic N) is 3. The molecule has 0 aliphatic heterocycles. The van der Waals surface area contributed by atoms with Gasteiger partial charge in [0.1, 0.15) is 5.69 Å². The Kier molecular flexibility index (Phi) is 4.08. The molecule has 3 aromatic heterocycles. The third-order valence-electron chi connectivity index (χ3n) is 3.70. The van der Waals surface area contributed by atoms with E-state index >= 15 is 0 Å². The number of imidazole rings is 1. The van der Waals surface area contributed by atoms with Crippen LogP contribution in [-0.4, -0.2) is 19.9 Å². The second kappa shape index (κ2) is 6.52. The summed E-state index contributed by atoms with van der Waals surface area (Å²) in [5, 5.41) is 0. The number of aromatic nitrogens is 4. The van der Waals surface area contributed by atoms with Gasteiger partial charge in [-0.3, -0.25) is 9.97 Å². The van der Waals surface area contributed by atoms with Crippen LogP contribution in [0.5, 0.6) is 0 Å². The van der Waals surface area contributed by atoms with Gasteiger partial charge in [-0.15, -0.1) is 0 Å². The van der Waals surface area contributed by atoms with Gasteiger partial charge in [-0.25, -0.2) is 4.98 Å². The van der Waals surface area contributed by atoms with Crippen LogP contribution in [0.1, 0.15) is 0 Å². The molecule has 0 unspecified atom stereocenters. The SMILES string of the molecule is Ic1cncc(-c2ccnc(-c3ncc(-c4ccccc4)[nH]3)c2)c1. The highest BCUT2D eigenvalue weighted by Gasteiger charge is 2.08. The van der Waals surface area contributed by atoms with Gasteiger partial charge in [-0.05, 0) is 51.9 Å². The lowest BCUT2D eigenvalue weighted by molar-refractivity contribution is 1.22. The Bertz CT molecular complexity index is 979. The van der Waals surface area contributed by atoms with Crippen LogP contribution in [-0.2, 0) is 0 Å². The van der Waals surface area contributed by atoms with E-state index in [0.29, 0.717) is 0 Å². The Morgan fingerprint density at radius 1 is 0.792 bits per heavy atom. The van der Waals surface area contributed by atoms with Crippen molar-refractivity contribution in [3.8, 4) is 33.9 Å². The fourth-order valence-electron chi connectivity index (χ4n) is 2.53. The first-order valence-corrected chi connectivity index (χ1v) is 8.55. The van der Waals surface area contributed by atoms with Crippen molar-refractivity contribution < 1.29 is 0 Å². The molecule has 4 rings (SSSR count). The summed E-state index contributed by atoms with van der Waals surface area (Å²) in [6.07, 6.45) is 7.34. The molecular weight excluding hydrogens is 411 g/mol. The molecule has 0 aliphatic rings. The molecular formula is C19H13IN4. The van der Waals surface area contributed by atoms with Gasteiger partial charge in [-0.1, -0.05) is 30.3 Å². The Morgan fingerprint density at radius 2 is 1.67 bits per heavy atom. The first-order chi connectivity index (χ1) is 11.8. The second-order valence-electron chi connectivity index (χ2n) is 5.33. The summed E-state index contributed by atoms with van der Waals surface area (Å²) in [6.45, 7) is 0. The molecule has 24 heavy (non-hydrogen) atoms. The van der Waals surface area contributed by atoms with Gasteiger partial charge in [0.2, 0.25) is 0 Å². The minimum Gasteiger partial charge on any atom is -0.337 e. The van der Waals surface area contributed by atoms with E-state index < -0.39 is 0 Å². The molecule has 0 aliphatic carbocycles. The standard InChI is InChI=1S/C19H13IN4/c20-16-8-15(10-21-11-16)14-6-7-22-17(9-14)19-23-12-18(24-19)13-4-2-1-3-5-13/h1-12H,(H,23,24). The summed E-state index contributed by atoms with van der Waals surface area (Å²) in [7, 11) is 0. The molecule has 1 N–H and O–H groups in total. The molecule has 0 radical (unpaired) electrons. The molecule has 0 amide bonds. The van der Waals surface area contributed by atoms with Crippen molar-refractivity contribution in [1.82, 2.24) is 19.9 Å². The van der Waals surface area contributed by atoms with E-state index in [0.717, 1.165) is 37.5 Å². The Balaban J connectivity index is 1.71. The Labute approximate surface area is 153 Å². The molecule has 0 spiro atoms. The van der Waals surface area contributed by atoms with E-state index in [1.165, 1.54) is 0 Å². The second-order valence-corrected chi connectivity index (χ2v) is 6.58. The van der Waals surface area contributed by atoms with Gasteiger partial charge in [0.05, 0.1) is 11.9 Å². The number of pyridine rings is 2. The Morgan fingerprint density at radius 3 is 2.50 bits per heavy atom. The molecule has 116 valence electrons. The number of benzene rings is 1. The zero-order valence-corrected chi connectivity index (χ0v) is 14.8. The summed E-state index contributed by atoms with van der Waals surface area (Å²) in [6, 6.07) is 16.2. The lowest BCUT2D eigenvalue weighted by Crippen LogP contribution is -1.88. The quantitative estimate of drug-likeness (QED) is 0.481. The van der Waals surface area contributed by atoms with Crippen molar-refractivity contribution in [3.63, 3.8) is 0 Å². The number of rotatable bonds is 3. The molecule has 0 fully saturated rings. The van der Waals surface area contributed by atoms with Gasteiger partial charge >= 0.3 is 0 Å². The predicted octanol–water partition coefficient (Wildman–Crippen LogP) is 4.81. The van der Waals surface area contributed by atoms with Crippen molar-refractivity contribution in [3.05, 3.63) is 76.9 Å². The normalized spacial score (nSPS) is 10.7. The highest BCUT2D eigenvalue weighted by atomic mass is 127. The maximum absolute atomic E-state index is 4.48. The van der Waals surface area contributed by atoms with Crippen LogP contribution in [0.15, 0.2) is 73.3 Å². The molecule has 1 aromatic carbocycles. The van der Waals surface area contributed by atoms with E-state index in [9.17, 15) is 0 Å². The fraction of sp³-hybridized carbons (Fsp3) is 0. The minimum atomic E-state index is 0.759. The lowest BCUT2D eigenvalue weighted by Gasteiger charge is -2.03. The van der Waals surface area contributed by atoms with Crippen LogP contribution < -0.4 is 0 Å². The first-order valence-electron chi connectivity index (χ1n) is 7.47. The molecule has 0 saturated heterocycles. The average Bonchev–Trinajstić information content (AvgIpc) is 3.13. The zero-order chi connectivity index (χ0) is 16.4. The van der Waals surface area contributed by atoms with E-state index in [2.05, 4.69) is 60.7 Å². The summed E-state index contributed by atoms with van der Waals surface area (Å²) < 4.78 is 1.10. The number of halogens is 1. The van der Waals surface area contributed by atoms with Crippen LogP contribution in [0, 0.1) is 3.57 Å². The van der Waals surface area contributed by atoms with Crippen molar-refractivity contribution in [1.29, 1.82) is 0 Å². The van der Waals surface area contributed by atoms with Gasteiger partial charge in [0, 0.05) is 27.7 Å². The lowest BCUT2D eigenvalue weighted by atomic mass is 10.1. The largest absolute Gasteiger partial charge is 0.337 e.